The molecule has 12 rings (SSSR count). The van der Waals surface area contributed by atoms with Crippen LogP contribution in [-0.4, -0.2) is 4.57 Å². The number of hydrogen-bond acceptors (Lipinski definition) is 1. The van der Waals surface area contributed by atoms with Gasteiger partial charge in [0.05, 0.1) is 22.1 Å². The first kappa shape index (κ1) is 34.3. The predicted octanol–water partition coefficient (Wildman–Crippen LogP) is 12.8. The van der Waals surface area contributed by atoms with Crippen LogP contribution in [0.2, 0.25) is 0 Å². The lowest BCUT2D eigenvalue weighted by molar-refractivity contribution is 0.670. The third-order valence-corrected chi connectivity index (χ3v) is 15.5. The smallest absolute Gasteiger partial charge is 0.0755 e. The molecule has 2 nitrogen and oxygen atoms in total. The van der Waals surface area contributed by atoms with E-state index in [2.05, 4.69) is 229 Å². The molecule has 3 heterocycles. The summed E-state index contributed by atoms with van der Waals surface area (Å²) in [6, 6.07) is 73.2. The van der Waals surface area contributed by atoms with E-state index >= 15 is 0 Å². The van der Waals surface area contributed by atoms with Crippen molar-refractivity contribution in [2.24, 2.45) is 5.92 Å². The van der Waals surface area contributed by atoms with Crippen molar-refractivity contribution >= 4 is 57.0 Å². The highest BCUT2D eigenvalue weighted by atomic mass is 31.1. The maximum absolute atomic E-state index is 2.54. The summed E-state index contributed by atoms with van der Waals surface area (Å²) >= 11 is 0. The fraction of sp³-hybridized carbons (Fsp3) is 0.0714. The van der Waals surface area contributed by atoms with Gasteiger partial charge < -0.3 is 9.47 Å². The van der Waals surface area contributed by atoms with Crippen molar-refractivity contribution in [2.75, 3.05) is 4.90 Å². The minimum Gasteiger partial charge on any atom is -0.314 e. The summed E-state index contributed by atoms with van der Waals surface area (Å²) in [4.78, 5) is 2.43. The zero-order chi connectivity index (χ0) is 39.1. The van der Waals surface area contributed by atoms with Gasteiger partial charge in [0.1, 0.15) is 0 Å². The molecule has 0 radical (unpaired) electrons. The molecule has 0 saturated heterocycles. The molecule has 9 aromatic rings. The number of fused-ring (bicyclic) bond motifs is 11. The Kier molecular flexibility index (Phi) is 7.80. The Hall–Kier alpha value is -6.73. The van der Waals surface area contributed by atoms with Crippen LogP contribution in [0, 0.1) is 5.92 Å². The maximum Gasteiger partial charge on any atom is 0.0755 e. The van der Waals surface area contributed by atoms with Crippen LogP contribution in [0.5, 0.6) is 0 Å². The van der Waals surface area contributed by atoms with Crippen molar-refractivity contribution in [3.05, 3.63) is 240 Å². The van der Waals surface area contributed by atoms with Crippen molar-refractivity contribution in [1.29, 1.82) is 0 Å². The van der Waals surface area contributed by atoms with Crippen LogP contribution in [-0.2, 0) is 5.41 Å². The van der Waals surface area contributed by atoms with Crippen LogP contribution in [0.15, 0.2) is 218 Å². The number of benzene rings is 8. The summed E-state index contributed by atoms with van der Waals surface area (Å²) in [5, 5.41) is 6.81. The monoisotopic (exact) mass is 772 g/mol. The van der Waals surface area contributed by atoms with Crippen LogP contribution < -0.4 is 20.8 Å². The minimum absolute atomic E-state index is 0.421. The van der Waals surface area contributed by atoms with Crippen molar-refractivity contribution in [2.45, 2.75) is 18.8 Å². The Morgan fingerprint density at radius 2 is 1.19 bits per heavy atom. The van der Waals surface area contributed by atoms with Crippen LogP contribution in [0.4, 0.5) is 11.4 Å². The average Bonchev–Trinajstić information content (AvgIpc) is 3.64. The zero-order valence-corrected chi connectivity index (χ0v) is 33.7. The van der Waals surface area contributed by atoms with Gasteiger partial charge in [-0.3, -0.25) is 0 Å². The summed E-state index contributed by atoms with van der Waals surface area (Å²) < 4.78 is 2.53. The molecule has 280 valence electrons. The van der Waals surface area contributed by atoms with E-state index in [0.29, 0.717) is 5.92 Å². The lowest BCUT2D eigenvalue weighted by atomic mass is 9.62. The molecule has 1 spiro atoms. The highest BCUT2D eigenvalue weighted by Gasteiger charge is 2.51. The quantitative estimate of drug-likeness (QED) is 0.158. The third kappa shape index (κ3) is 4.97. The lowest BCUT2D eigenvalue weighted by Crippen LogP contribution is -2.47. The fourth-order valence-corrected chi connectivity index (χ4v) is 13.2. The Labute approximate surface area is 346 Å². The molecule has 3 aliphatic rings. The first-order chi connectivity index (χ1) is 29.2. The lowest BCUT2D eigenvalue weighted by Gasteiger charge is -2.48. The second-order valence-electron chi connectivity index (χ2n) is 16.1. The van der Waals surface area contributed by atoms with Crippen LogP contribution in [0.25, 0.3) is 38.6 Å². The fourth-order valence-electron chi connectivity index (χ4n) is 10.5. The molecule has 8 aromatic carbocycles. The SMILES string of the molecule is CC1CC=CC=C1N(c1ccccc1)c1ccc(-c2ccc3c(c2)[P@](c2ccccc2)c2ccccc2C32c3ccccc3-n3c4ccccc4c4cccc2c43)cc1. The number of nitrogens with zero attached hydrogens (tertiary/aromatic N) is 2. The average molecular weight is 773 g/mol. The van der Waals surface area contributed by atoms with E-state index < -0.39 is 13.3 Å². The summed E-state index contributed by atoms with van der Waals surface area (Å²) in [6.07, 6.45) is 7.79. The molecule has 1 aliphatic carbocycles. The second kappa shape index (κ2) is 13.4. The molecule has 2 aliphatic heterocycles. The van der Waals surface area contributed by atoms with Gasteiger partial charge in [0, 0.05) is 33.8 Å². The van der Waals surface area contributed by atoms with Gasteiger partial charge >= 0.3 is 0 Å². The first-order valence-electron chi connectivity index (χ1n) is 20.8. The highest BCUT2D eigenvalue weighted by molar-refractivity contribution is 7.80. The van der Waals surface area contributed by atoms with Crippen molar-refractivity contribution in [3.63, 3.8) is 0 Å². The Morgan fingerprint density at radius 1 is 0.542 bits per heavy atom. The molecule has 0 bridgehead atoms. The van der Waals surface area contributed by atoms with Crippen molar-refractivity contribution in [1.82, 2.24) is 4.57 Å². The van der Waals surface area contributed by atoms with Gasteiger partial charge in [-0.15, -0.1) is 0 Å². The van der Waals surface area contributed by atoms with Gasteiger partial charge in [-0.2, -0.15) is 0 Å². The summed E-state index contributed by atoms with van der Waals surface area (Å²) in [5.41, 5.74) is 14.9. The second-order valence-corrected chi connectivity index (χ2v) is 18.3. The van der Waals surface area contributed by atoms with Crippen LogP contribution >= 0.6 is 7.92 Å². The standard InChI is InChI=1S/C56H41N2P/c1-38-17-8-12-27-50(38)57(41-18-4-2-5-19-41)42-34-31-39(32-35-42)40-33-36-48-54(37-40)59(43-20-6-3-7-21-43)53-30-15-11-25-47(53)56(48)46-24-10-14-29-52(46)58-51-28-13-9-22-44(51)45-23-16-26-49(56)55(45)58/h2-16,18-38H,17H2,1H3/t38?,56?,59-/m1/s1. The molecule has 3 heteroatoms. The van der Waals surface area contributed by atoms with E-state index in [9.17, 15) is 0 Å². The molecular formula is C56H41N2P. The third-order valence-electron chi connectivity index (χ3n) is 13.0. The molecule has 0 saturated carbocycles. The van der Waals surface area contributed by atoms with Gasteiger partial charge in [0.2, 0.25) is 0 Å². The van der Waals surface area contributed by atoms with Gasteiger partial charge in [-0.25, -0.2) is 0 Å². The number of rotatable bonds is 5. The van der Waals surface area contributed by atoms with Gasteiger partial charge in [-0.1, -0.05) is 171 Å². The van der Waals surface area contributed by atoms with Crippen LogP contribution in [0.3, 0.4) is 0 Å². The van der Waals surface area contributed by atoms with Gasteiger partial charge in [0.15, 0.2) is 0 Å². The molecular weight excluding hydrogens is 732 g/mol. The molecule has 0 amide bonds. The van der Waals surface area contributed by atoms with E-state index in [1.54, 1.807) is 0 Å². The predicted molar refractivity (Wildman–Crippen MR) is 250 cm³/mol. The molecule has 3 atom stereocenters. The van der Waals surface area contributed by atoms with E-state index in [1.165, 1.54) is 93.9 Å². The van der Waals surface area contributed by atoms with E-state index in [-0.39, 0.29) is 0 Å². The number of hydrogen-bond donors (Lipinski definition) is 0. The summed E-state index contributed by atoms with van der Waals surface area (Å²) in [7, 11) is -0.881. The molecule has 0 fully saturated rings. The van der Waals surface area contributed by atoms with E-state index in [4.69, 9.17) is 0 Å². The number of para-hydroxylation sites is 4. The van der Waals surface area contributed by atoms with Crippen molar-refractivity contribution in [3.8, 4) is 16.8 Å². The summed E-state index contributed by atoms with van der Waals surface area (Å²) in [5.74, 6) is 0.421. The van der Waals surface area contributed by atoms with Crippen molar-refractivity contribution < 1.29 is 0 Å². The van der Waals surface area contributed by atoms with Gasteiger partial charge in [0.25, 0.3) is 0 Å². The maximum atomic E-state index is 2.54. The zero-order valence-electron chi connectivity index (χ0n) is 32.8. The molecule has 1 aromatic heterocycles. The van der Waals surface area contributed by atoms with E-state index in [1.807, 2.05) is 0 Å². The highest BCUT2D eigenvalue weighted by Crippen LogP contribution is 2.58. The number of anilines is 2. The molecule has 2 unspecified atom stereocenters. The van der Waals surface area contributed by atoms with Crippen LogP contribution in [0.1, 0.15) is 35.6 Å². The molecule has 0 N–H and O–H groups in total. The normalized spacial score (nSPS) is 18.6. The van der Waals surface area contributed by atoms with Gasteiger partial charge in [-0.05, 0) is 112 Å². The Morgan fingerprint density at radius 3 is 2.02 bits per heavy atom. The molecule has 59 heavy (non-hydrogen) atoms. The topological polar surface area (TPSA) is 8.17 Å². The van der Waals surface area contributed by atoms with E-state index in [0.717, 1.165) is 6.42 Å². The Balaban J connectivity index is 1.10. The number of aromatic nitrogens is 1. The minimum atomic E-state index is -0.881. The Bertz CT molecular complexity index is 3160. The largest absolute Gasteiger partial charge is 0.314 e. The summed E-state index contributed by atoms with van der Waals surface area (Å²) in [6.45, 7) is 2.33. The first-order valence-corrected chi connectivity index (χ1v) is 22.1. The number of allylic oxidation sites excluding steroid dienone is 4.